The zero-order valence-electron chi connectivity index (χ0n) is 10.7. The summed E-state index contributed by atoms with van der Waals surface area (Å²) < 4.78 is 0. The normalized spacial score (nSPS) is 18.6. The van der Waals surface area contributed by atoms with Gasteiger partial charge in [0.2, 0.25) is 5.91 Å². The Morgan fingerprint density at radius 2 is 1.94 bits per heavy atom. The molecule has 0 spiro atoms. The number of nitrogens with zero attached hydrogens (tertiary/aromatic N) is 2. The van der Waals surface area contributed by atoms with Gasteiger partial charge in [0.25, 0.3) is 0 Å². The van der Waals surface area contributed by atoms with E-state index in [0.29, 0.717) is 6.42 Å². The molecule has 1 heterocycles. The van der Waals surface area contributed by atoms with E-state index in [9.17, 15) is 4.79 Å². The Kier molecular flexibility index (Phi) is 6.42. The maximum Gasteiger partial charge on any atom is 0.221 e. The van der Waals surface area contributed by atoms with Crippen LogP contribution in [-0.4, -0.2) is 62.0 Å². The van der Waals surface area contributed by atoms with Crippen LogP contribution < -0.4 is 5.32 Å². The van der Waals surface area contributed by atoms with E-state index < -0.39 is 0 Å². The molecular weight excluding hydrogens is 202 g/mol. The monoisotopic (exact) mass is 227 g/mol. The third kappa shape index (κ3) is 5.47. The fraction of sp³-hybridized carbons (Fsp3) is 0.917. The molecule has 1 fully saturated rings. The minimum Gasteiger partial charge on any atom is -0.356 e. The lowest BCUT2D eigenvalue weighted by atomic mass is 10.3. The number of hydrogen-bond acceptors (Lipinski definition) is 3. The molecule has 1 aliphatic rings. The minimum absolute atomic E-state index is 0.201. The van der Waals surface area contributed by atoms with E-state index in [1.165, 1.54) is 0 Å². The quantitative estimate of drug-likeness (QED) is 0.673. The molecule has 16 heavy (non-hydrogen) atoms. The number of likely N-dealkylation sites (N-methyl/N-ethyl adjacent to an activating group) is 1. The average molecular weight is 227 g/mol. The summed E-state index contributed by atoms with van der Waals surface area (Å²) in [5.74, 6) is 0.201. The van der Waals surface area contributed by atoms with Crippen LogP contribution in [0, 0.1) is 0 Å². The van der Waals surface area contributed by atoms with Crippen molar-refractivity contribution in [3.8, 4) is 0 Å². The first-order valence-electron chi connectivity index (χ1n) is 6.40. The van der Waals surface area contributed by atoms with Gasteiger partial charge in [-0.25, -0.2) is 0 Å². The van der Waals surface area contributed by atoms with Crippen molar-refractivity contribution in [2.24, 2.45) is 0 Å². The number of unbranched alkanes of at least 4 members (excludes halogenated alkanes) is 1. The van der Waals surface area contributed by atoms with Gasteiger partial charge >= 0.3 is 0 Å². The summed E-state index contributed by atoms with van der Waals surface area (Å²) in [4.78, 5) is 16.2. The molecule has 0 aliphatic carbocycles. The van der Waals surface area contributed by atoms with Crippen molar-refractivity contribution < 1.29 is 4.79 Å². The molecule has 1 N–H and O–H groups in total. The third-order valence-electron chi connectivity index (χ3n) is 3.10. The molecule has 1 saturated heterocycles. The highest BCUT2D eigenvalue weighted by molar-refractivity contribution is 5.75. The molecule has 1 amide bonds. The van der Waals surface area contributed by atoms with E-state index in [-0.39, 0.29) is 5.91 Å². The van der Waals surface area contributed by atoms with Gasteiger partial charge in [0.15, 0.2) is 0 Å². The number of nitrogens with one attached hydrogen (secondary N) is 1. The SMILES string of the molecule is CCCCNC(=O)CCN1CCN(C)CC1. The van der Waals surface area contributed by atoms with E-state index in [2.05, 4.69) is 29.1 Å². The van der Waals surface area contributed by atoms with Crippen molar-refractivity contribution in [2.45, 2.75) is 26.2 Å². The van der Waals surface area contributed by atoms with Crippen LogP contribution in [0.4, 0.5) is 0 Å². The van der Waals surface area contributed by atoms with Gasteiger partial charge < -0.3 is 15.1 Å². The summed E-state index contributed by atoms with van der Waals surface area (Å²) in [7, 11) is 2.15. The highest BCUT2D eigenvalue weighted by Gasteiger charge is 2.14. The van der Waals surface area contributed by atoms with E-state index in [1.54, 1.807) is 0 Å². The van der Waals surface area contributed by atoms with Crippen LogP contribution in [0.3, 0.4) is 0 Å². The van der Waals surface area contributed by atoms with Crippen molar-refractivity contribution in [3.05, 3.63) is 0 Å². The van der Waals surface area contributed by atoms with Crippen LogP contribution in [0.1, 0.15) is 26.2 Å². The van der Waals surface area contributed by atoms with Crippen LogP contribution in [0.2, 0.25) is 0 Å². The van der Waals surface area contributed by atoms with Crippen molar-refractivity contribution >= 4 is 5.91 Å². The van der Waals surface area contributed by atoms with Gasteiger partial charge in [-0.15, -0.1) is 0 Å². The van der Waals surface area contributed by atoms with E-state index in [0.717, 1.165) is 52.1 Å². The maximum atomic E-state index is 11.5. The first-order valence-corrected chi connectivity index (χ1v) is 6.40. The van der Waals surface area contributed by atoms with Crippen molar-refractivity contribution in [1.29, 1.82) is 0 Å². The van der Waals surface area contributed by atoms with E-state index >= 15 is 0 Å². The molecule has 0 unspecified atom stereocenters. The van der Waals surface area contributed by atoms with Crippen molar-refractivity contribution in [2.75, 3.05) is 46.3 Å². The van der Waals surface area contributed by atoms with Crippen LogP contribution in [0.25, 0.3) is 0 Å². The Labute approximate surface area is 99.0 Å². The van der Waals surface area contributed by atoms with Gasteiger partial charge in [-0.3, -0.25) is 4.79 Å². The number of rotatable bonds is 6. The summed E-state index contributed by atoms with van der Waals surface area (Å²) in [6.45, 7) is 8.31. The van der Waals surface area contributed by atoms with Gasteiger partial charge in [0, 0.05) is 45.7 Å². The van der Waals surface area contributed by atoms with E-state index in [1.807, 2.05) is 0 Å². The predicted molar refractivity (Wildman–Crippen MR) is 66.5 cm³/mol. The van der Waals surface area contributed by atoms with Gasteiger partial charge in [-0.05, 0) is 13.5 Å². The number of hydrogen-bond donors (Lipinski definition) is 1. The molecule has 4 nitrogen and oxygen atoms in total. The lowest BCUT2D eigenvalue weighted by Crippen LogP contribution is -2.45. The molecule has 94 valence electrons. The third-order valence-corrected chi connectivity index (χ3v) is 3.10. The van der Waals surface area contributed by atoms with Gasteiger partial charge in [0.1, 0.15) is 0 Å². The summed E-state index contributed by atoms with van der Waals surface area (Å²) in [5, 5.41) is 2.96. The van der Waals surface area contributed by atoms with Crippen LogP contribution in [0.5, 0.6) is 0 Å². The molecule has 0 atom stereocenters. The minimum atomic E-state index is 0.201. The van der Waals surface area contributed by atoms with Gasteiger partial charge in [-0.2, -0.15) is 0 Å². The van der Waals surface area contributed by atoms with Gasteiger partial charge in [0.05, 0.1) is 0 Å². The predicted octanol–water partition coefficient (Wildman–Crippen LogP) is 0.540. The number of piperazine rings is 1. The van der Waals surface area contributed by atoms with Crippen molar-refractivity contribution in [1.82, 2.24) is 15.1 Å². The topological polar surface area (TPSA) is 35.6 Å². The lowest BCUT2D eigenvalue weighted by Gasteiger charge is -2.32. The largest absolute Gasteiger partial charge is 0.356 e. The Morgan fingerprint density at radius 1 is 1.25 bits per heavy atom. The van der Waals surface area contributed by atoms with Crippen LogP contribution >= 0.6 is 0 Å². The van der Waals surface area contributed by atoms with Gasteiger partial charge in [-0.1, -0.05) is 13.3 Å². The average Bonchev–Trinajstić information content (AvgIpc) is 2.29. The molecular formula is C12H25N3O. The summed E-state index contributed by atoms with van der Waals surface area (Å²) in [6.07, 6.45) is 2.87. The van der Waals surface area contributed by atoms with Crippen molar-refractivity contribution in [3.63, 3.8) is 0 Å². The molecule has 1 aliphatic heterocycles. The highest BCUT2D eigenvalue weighted by atomic mass is 16.1. The summed E-state index contributed by atoms with van der Waals surface area (Å²) >= 11 is 0. The molecule has 0 aromatic rings. The fourth-order valence-electron chi connectivity index (χ4n) is 1.82. The van der Waals surface area contributed by atoms with E-state index in [4.69, 9.17) is 0 Å². The molecule has 4 heteroatoms. The Bertz CT molecular complexity index is 200. The second kappa shape index (κ2) is 7.63. The number of carbonyl (C=O) groups is 1. The second-order valence-corrected chi connectivity index (χ2v) is 4.60. The fourth-order valence-corrected chi connectivity index (χ4v) is 1.82. The lowest BCUT2D eigenvalue weighted by molar-refractivity contribution is -0.121. The number of amides is 1. The molecule has 0 bridgehead atoms. The Hall–Kier alpha value is -0.610. The zero-order valence-corrected chi connectivity index (χ0v) is 10.7. The summed E-state index contributed by atoms with van der Waals surface area (Å²) in [5.41, 5.74) is 0. The maximum absolute atomic E-state index is 11.5. The molecule has 0 aromatic heterocycles. The molecule has 0 aromatic carbocycles. The molecule has 0 radical (unpaired) electrons. The van der Waals surface area contributed by atoms with Crippen LogP contribution in [-0.2, 0) is 4.79 Å². The smallest absolute Gasteiger partial charge is 0.221 e. The molecule has 0 saturated carbocycles. The number of carbonyl (C=O) groups excluding carboxylic acids is 1. The standard InChI is InChI=1S/C12H25N3O/c1-3-4-6-13-12(16)5-7-15-10-8-14(2)9-11-15/h3-11H2,1-2H3,(H,13,16). The Balaban J connectivity index is 2.03. The summed E-state index contributed by atoms with van der Waals surface area (Å²) in [6, 6.07) is 0. The highest BCUT2D eigenvalue weighted by Crippen LogP contribution is 1.99. The first-order chi connectivity index (χ1) is 7.72. The van der Waals surface area contributed by atoms with Crippen LogP contribution in [0.15, 0.2) is 0 Å². The first kappa shape index (κ1) is 13.5. The second-order valence-electron chi connectivity index (χ2n) is 4.60. The Morgan fingerprint density at radius 3 is 2.56 bits per heavy atom. The molecule has 1 rings (SSSR count). The zero-order chi connectivity index (χ0) is 11.8.